The second-order valence-electron chi connectivity index (χ2n) is 3.91. The fraction of sp³-hybridized carbons (Fsp3) is 0.231. The Hall–Kier alpha value is -2.08. The third kappa shape index (κ3) is 3.03. The van der Waals surface area contributed by atoms with E-state index in [1.165, 1.54) is 6.07 Å². The highest BCUT2D eigenvalue weighted by molar-refractivity contribution is 7.07. The fourth-order valence-corrected chi connectivity index (χ4v) is 2.38. The smallest absolute Gasteiger partial charge is 0.347 e. The first-order valence-corrected chi connectivity index (χ1v) is 6.69. The summed E-state index contributed by atoms with van der Waals surface area (Å²) in [4.78, 5) is 25.9. The Morgan fingerprint density at radius 3 is 2.89 bits per heavy atom. The van der Waals surface area contributed by atoms with Crippen molar-refractivity contribution in [2.45, 2.75) is 13.3 Å². The molecule has 19 heavy (non-hydrogen) atoms. The van der Waals surface area contributed by atoms with Crippen LogP contribution in [0.5, 0.6) is 5.75 Å². The van der Waals surface area contributed by atoms with Crippen LogP contribution in [-0.2, 0) is 11.2 Å². The van der Waals surface area contributed by atoms with Gasteiger partial charge >= 0.3 is 5.97 Å². The topological polar surface area (TPSA) is 79.4 Å². The van der Waals surface area contributed by atoms with Gasteiger partial charge in [0, 0.05) is 18.2 Å². The van der Waals surface area contributed by atoms with Crippen molar-refractivity contribution in [1.29, 1.82) is 0 Å². The van der Waals surface area contributed by atoms with Crippen molar-refractivity contribution in [3.63, 3.8) is 0 Å². The zero-order valence-corrected chi connectivity index (χ0v) is 11.1. The number of aromatic nitrogens is 1. The van der Waals surface area contributed by atoms with Crippen LogP contribution >= 0.6 is 11.3 Å². The molecule has 0 bridgehead atoms. The summed E-state index contributed by atoms with van der Waals surface area (Å²) in [7, 11) is 0. The zero-order valence-electron chi connectivity index (χ0n) is 10.3. The summed E-state index contributed by atoms with van der Waals surface area (Å²) >= 11 is 1.55. The second kappa shape index (κ2) is 5.71. The van der Waals surface area contributed by atoms with Gasteiger partial charge in [0.05, 0.1) is 6.61 Å². The highest BCUT2D eigenvalue weighted by Gasteiger charge is 2.18. The minimum atomic E-state index is -0.816. The molecule has 2 heterocycles. The van der Waals surface area contributed by atoms with Gasteiger partial charge in [-0.2, -0.15) is 11.3 Å². The number of ether oxygens (including phenoxy) is 1. The molecule has 2 aromatic rings. The van der Waals surface area contributed by atoms with Gasteiger partial charge in [-0.1, -0.05) is 0 Å². The first-order chi connectivity index (χ1) is 9.11. The minimum absolute atomic E-state index is 0.147. The molecule has 0 unspecified atom stereocenters. The number of thiophene rings is 1. The van der Waals surface area contributed by atoms with Gasteiger partial charge in [-0.25, -0.2) is 4.79 Å². The lowest BCUT2D eigenvalue weighted by molar-refractivity contribution is 0.0521. The summed E-state index contributed by atoms with van der Waals surface area (Å²) in [6, 6.07) is 3.31. The largest absolute Gasteiger partial charge is 0.507 e. The molecule has 0 spiro atoms. The molecule has 0 saturated carbocycles. The summed E-state index contributed by atoms with van der Waals surface area (Å²) in [5, 5.41) is 13.7. The molecule has 2 aromatic heterocycles. The summed E-state index contributed by atoms with van der Waals surface area (Å²) in [6.07, 6.45) is 0.495. The predicted molar refractivity (Wildman–Crippen MR) is 71.8 cm³/mol. The number of esters is 1. The molecular weight excluding hydrogens is 266 g/mol. The molecule has 6 heteroatoms. The Morgan fingerprint density at radius 2 is 2.32 bits per heavy atom. The molecule has 0 aliphatic rings. The summed E-state index contributed by atoms with van der Waals surface area (Å²) in [5.74, 6) is -1.17. The van der Waals surface area contributed by atoms with E-state index in [0.717, 1.165) is 5.56 Å². The highest BCUT2D eigenvalue weighted by atomic mass is 32.1. The number of hydrogen-bond acceptors (Lipinski definition) is 5. The fourth-order valence-electron chi connectivity index (χ4n) is 1.71. The van der Waals surface area contributed by atoms with Gasteiger partial charge in [0.2, 0.25) is 0 Å². The Balaban J connectivity index is 2.31. The average molecular weight is 279 g/mol. The second-order valence-corrected chi connectivity index (χ2v) is 4.69. The maximum Gasteiger partial charge on any atom is 0.347 e. The number of rotatable bonds is 4. The van der Waals surface area contributed by atoms with Crippen LogP contribution < -0.4 is 5.56 Å². The number of nitrogens with one attached hydrogen (secondary N) is 1. The van der Waals surface area contributed by atoms with Crippen LogP contribution in [0.1, 0.15) is 28.5 Å². The number of pyridine rings is 1. The number of H-pyrrole nitrogens is 1. The van der Waals surface area contributed by atoms with Gasteiger partial charge < -0.3 is 14.8 Å². The Morgan fingerprint density at radius 1 is 1.53 bits per heavy atom. The molecule has 0 radical (unpaired) electrons. The van der Waals surface area contributed by atoms with Gasteiger partial charge in [0.1, 0.15) is 5.75 Å². The van der Waals surface area contributed by atoms with Gasteiger partial charge in [-0.15, -0.1) is 0 Å². The Kier molecular flexibility index (Phi) is 4.01. The molecule has 0 amide bonds. The van der Waals surface area contributed by atoms with E-state index in [-0.39, 0.29) is 17.9 Å². The van der Waals surface area contributed by atoms with Crippen molar-refractivity contribution in [3.8, 4) is 5.75 Å². The van der Waals surface area contributed by atoms with E-state index in [0.29, 0.717) is 12.1 Å². The third-order valence-electron chi connectivity index (χ3n) is 2.52. The van der Waals surface area contributed by atoms with E-state index in [1.807, 2.05) is 16.8 Å². The summed E-state index contributed by atoms with van der Waals surface area (Å²) in [6.45, 7) is 1.78. The van der Waals surface area contributed by atoms with Crippen LogP contribution in [-0.4, -0.2) is 22.7 Å². The molecule has 100 valence electrons. The molecule has 2 N–H and O–H groups in total. The number of carbonyl (C=O) groups is 1. The van der Waals surface area contributed by atoms with Crippen LogP contribution in [0.3, 0.4) is 0 Å². The third-order valence-corrected chi connectivity index (χ3v) is 3.25. The van der Waals surface area contributed by atoms with Gasteiger partial charge in [-0.05, 0) is 29.3 Å². The van der Waals surface area contributed by atoms with E-state index in [4.69, 9.17) is 4.74 Å². The average Bonchev–Trinajstić information content (AvgIpc) is 2.81. The van der Waals surface area contributed by atoms with Crippen LogP contribution in [0.15, 0.2) is 27.7 Å². The number of carbonyl (C=O) groups excluding carboxylic acids is 1. The Bertz CT molecular complexity index is 631. The normalized spacial score (nSPS) is 10.4. The lowest BCUT2D eigenvalue weighted by Crippen LogP contribution is -2.21. The molecule has 0 fully saturated rings. The number of aromatic amines is 1. The molecule has 0 atom stereocenters. The van der Waals surface area contributed by atoms with Crippen molar-refractivity contribution in [2.24, 2.45) is 0 Å². The molecule has 0 aromatic carbocycles. The standard InChI is InChI=1S/C13H13NO4S/c1-2-18-13(17)11-10(15)6-9(14-12(11)16)5-8-3-4-19-7-8/h3-4,6-7H,2,5H2,1H3,(H2,14,15,16). The van der Waals surface area contributed by atoms with E-state index < -0.39 is 11.5 Å². The summed E-state index contributed by atoms with van der Waals surface area (Å²) < 4.78 is 4.72. The van der Waals surface area contributed by atoms with Gasteiger partial charge in [-0.3, -0.25) is 4.79 Å². The molecule has 0 aliphatic heterocycles. The van der Waals surface area contributed by atoms with E-state index in [2.05, 4.69) is 4.98 Å². The zero-order chi connectivity index (χ0) is 13.8. The number of aromatic hydroxyl groups is 1. The molecule has 5 nitrogen and oxygen atoms in total. The molecule has 2 rings (SSSR count). The van der Waals surface area contributed by atoms with Gasteiger partial charge in [0.25, 0.3) is 5.56 Å². The van der Waals surface area contributed by atoms with Crippen molar-refractivity contribution in [2.75, 3.05) is 6.61 Å². The van der Waals surface area contributed by atoms with E-state index in [9.17, 15) is 14.7 Å². The first kappa shape index (κ1) is 13.4. The highest BCUT2D eigenvalue weighted by Crippen LogP contribution is 2.17. The predicted octanol–water partition coefficient (Wildman–Crippen LogP) is 1.91. The molecule has 0 aliphatic carbocycles. The lowest BCUT2D eigenvalue weighted by atomic mass is 10.1. The molecule has 0 saturated heterocycles. The quantitative estimate of drug-likeness (QED) is 0.838. The van der Waals surface area contributed by atoms with Crippen LogP contribution in [0.2, 0.25) is 0 Å². The van der Waals surface area contributed by atoms with Crippen LogP contribution in [0.25, 0.3) is 0 Å². The Labute approximate surface area is 113 Å². The van der Waals surface area contributed by atoms with Crippen LogP contribution in [0, 0.1) is 0 Å². The van der Waals surface area contributed by atoms with Crippen molar-refractivity contribution in [1.82, 2.24) is 4.98 Å². The minimum Gasteiger partial charge on any atom is -0.507 e. The van der Waals surface area contributed by atoms with Crippen molar-refractivity contribution >= 4 is 17.3 Å². The maximum atomic E-state index is 11.8. The maximum absolute atomic E-state index is 11.8. The van der Waals surface area contributed by atoms with Crippen LogP contribution in [0.4, 0.5) is 0 Å². The van der Waals surface area contributed by atoms with Crippen molar-refractivity contribution in [3.05, 3.63) is 50.1 Å². The summed E-state index contributed by atoms with van der Waals surface area (Å²) in [5.41, 5.74) is 0.595. The van der Waals surface area contributed by atoms with Crippen molar-refractivity contribution < 1.29 is 14.6 Å². The lowest BCUT2D eigenvalue weighted by Gasteiger charge is -2.06. The first-order valence-electron chi connectivity index (χ1n) is 5.75. The monoisotopic (exact) mass is 279 g/mol. The SMILES string of the molecule is CCOC(=O)c1c(O)cc(Cc2ccsc2)[nH]c1=O. The van der Waals surface area contributed by atoms with Gasteiger partial charge in [0.15, 0.2) is 5.56 Å². The molecular formula is C13H13NO4S. The van der Waals surface area contributed by atoms with E-state index >= 15 is 0 Å². The van der Waals surface area contributed by atoms with E-state index in [1.54, 1.807) is 18.3 Å². The number of hydrogen-bond donors (Lipinski definition) is 2.